The summed E-state index contributed by atoms with van der Waals surface area (Å²) in [5.41, 5.74) is 2.66. The predicted molar refractivity (Wildman–Crippen MR) is 112 cm³/mol. The van der Waals surface area contributed by atoms with Gasteiger partial charge in [-0.25, -0.2) is 18.4 Å². The number of aromatic nitrogens is 2. The first-order valence-corrected chi connectivity index (χ1v) is 11.4. The van der Waals surface area contributed by atoms with Gasteiger partial charge in [0, 0.05) is 27.7 Å². The van der Waals surface area contributed by atoms with Crippen molar-refractivity contribution in [2.24, 2.45) is 0 Å². The number of benzene rings is 1. The number of carboxylic acid groups (broad SMARTS) is 1. The van der Waals surface area contributed by atoms with Gasteiger partial charge in [-0.3, -0.25) is 4.79 Å². The number of thiophene rings is 1. The Kier molecular flexibility index (Phi) is 5.31. The molecule has 0 aliphatic carbocycles. The molecule has 3 aromatic rings. The van der Waals surface area contributed by atoms with Crippen LogP contribution in [-0.2, 0) is 21.4 Å². The third-order valence-corrected chi connectivity index (χ3v) is 8.21. The average molecular weight is 446 g/mol. The molecule has 3 heterocycles. The van der Waals surface area contributed by atoms with Gasteiger partial charge in [-0.2, -0.15) is 4.31 Å². The number of hydrogen-bond donors (Lipinski definition) is 1. The Morgan fingerprint density at radius 1 is 1.20 bits per heavy atom. The van der Waals surface area contributed by atoms with Gasteiger partial charge < -0.3 is 9.84 Å². The van der Waals surface area contributed by atoms with Crippen LogP contribution in [0.4, 0.5) is 0 Å². The lowest BCUT2D eigenvalue weighted by Gasteiger charge is -2.21. The summed E-state index contributed by atoms with van der Waals surface area (Å²) in [4.78, 5) is 21.3. The van der Waals surface area contributed by atoms with E-state index in [2.05, 4.69) is 9.97 Å². The van der Waals surface area contributed by atoms with Crippen LogP contribution in [0.3, 0.4) is 0 Å². The van der Waals surface area contributed by atoms with Crippen molar-refractivity contribution >= 4 is 27.3 Å². The Morgan fingerprint density at radius 3 is 2.37 bits per heavy atom. The van der Waals surface area contributed by atoms with Gasteiger partial charge in [-0.05, 0) is 23.6 Å². The van der Waals surface area contributed by atoms with E-state index in [0.717, 1.165) is 25.9 Å². The van der Waals surface area contributed by atoms with Crippen molar-refractivity contribution in [1.29, 1.82) is 0 Å². The molecule has 0 spiro atoms. The Bertz CT molecular complexity index is 1190. The van der Waals surface area contributed by atoms with Gasteiger partial charge in [0.25, 0.3) is 0 Å². The van der Waals surface area contributed by atoms with E-state index in [-0.39, 0.29) is 17.9 Å². The van der Waals surface area contributed by atoms with E-state index >= 15 is 0 Å². The van der Waals surface area contributed by atoms with Gasteiger partial charge in [0.1, 0.15) is 6.04 Å². The van der Waals surface area contributed by atoms with E-state index in [1.807, 2.05) is 24.3 Å². The number of rotatable bonds is 6. The van der Waals surface area contributed by atoms with Gasteiger partial charge in [0.15, 0.2) is 0 Å². The van der Waals surface area contributed by atoms with Crippen molar-refractivity contribution < 1.29 is 23.1 Å². The number of hydrogen-bond acceptors (Lipinski definition) is 7. The number of aliphatic carboxylic acids is 1. The van der Waals surface area contributed by atoms with Crippen LogP contribution in [0.15, 0.2) is 47.6 Å². The van der Waals surface area contributed by atoms with Gasteiger partial charge >= 0.3 is 12.0 Å². The van der Waals surface area contributed by atoms with Gasteiger partial charge in [-0.15, -0.1) is 11.3 Å². The first-order chi connectivity index (χ1) is 14.3. The smallest absolute Gasteiger partial charge is 0.322 e. The standard InChI is InChI=1S/C20H19N3O5S2/c1-3-15(19(24)25)23-11-17-18(30(23,26)27)8-16(29-17)13-6-4-12(5-7-13)14-9-21-20(28-2)22-10-14/h4-10,15H,3,11H2,1-2H3,(H,24,25). The lowest BCUT2D eigenvalue weighted by atomic mass is 10.1. The summed E-state index contributed by atoms with van der Waals surface area (Å²) in [6, 6.07) is 8.55. The molecule has 1 N–H and O–H groups in total. The Hall–Kier alpha value is -2.82. The van der Waals surface area contributed by atoms with Crippen LogP contribution in [0.5, 0.6) is 6.01 Å². The summed E-state index contributed by atoms with van der Waals surface area (Å²) in [5, 5.41) is 9.35. The average Bonchev–Trinajstić information content (AvgIpc) is 3.27. The van der Waals surface area contributed by atoms with E-state index in [1.165, 1.54) is 18.4 Å². The molecular formula is C20H19N3O5S2. The topological polar surface area (TPSA) is 110 Å². The molecule has 0 radical (unpaired) electrons. The molecule has 1 unspecified atom stereocenters. The second-order valence-corrected chi connectivity index (χ2v) is 9.74. The highest BCUT2D eigenvalue weighted by Gasteiger charge is 2.43. The lowest BCUT2D eigenvalue weighted by molar-refractivity contribution is -0.141. The Labute approximate surface area is 177 Å². The van der Waals surface area contributed by atoms with E-state index in [0.29, 0.717) is 10.9 Å². The predicted octanol–water partition coefficient (Wildman–Crippen LogP) is 3.25. The van der Waals surface area contributed by atoms with Crippen molar-refractivity contribution in [2.45, 2.75) is 30.8 Å². The molecule has 1 atom stereocenters. The van der Waals surface area contributed by atoms with E-state index in [1.54, 1.807) is 25.4 Å². The van der Waals surface area contributed by atoms with Crippen molar-refractivity contribution in [3.63, 3.8) is 0 Å². The van der Waals surface area contributed by atoms with Crippen LogP contribution in [-0.4, -0.2) is 46.9 Å². The molecule has 0 fully saturated rings. The van der Waals surface area contributed by atoms with E-state index in [4.69, 9.17) is 4.74 Å². The zero-order chi connectivity index (χ0) is 21.5. The number of carboxylic acids is 1. The fourth-order valence-electron chi connectivity index (χ4n) is 3.41. The van der Waals surface area contributed by atoms with Crippen molar-refractivity contribution in [3.05, 3.63) is 47.6 Å². The third kappa shape index (κ3) is 3.47. The third-order valence-electron chi connectivity index (χ3n) is 4.99. The van der Waals surface area contributed by atoms with Crippen LogP contribution in [0.25, 0.3) is 21.6 Å². The second-order valence-electron chi connectivity index (χ2n) is 6.75. The summed E-state index contributed by atoms with van der Waals surface area (Å²) < 4.78 is 31.8. The van der Waals surface area contributed by atoms with Crippen LogP contribution in [0.2, 0.25) is 0 Å². The molecule has 0 saturated heterocycles. The Balaban J connectivity index is 1.60. The fourth-order valence-corrected chi connectivity index (χ4v) is 6.81. The van der Waals surface area contributed by atoms with Crippen LogP contribution in [0.1, 0.15) is 18.2 Å². The van der Waals surface area contributed by atoms with Gasteiger partial charge in [0.05, 0.1) is 18.6 Å². The summed E-state index contributed by atoms with van der Waals surface area (Å²) in [6.45, 7) is 1.76. The largest absolute Gasteiger partial charge is 0.480 e. The molecule has 4 rings (SSSR count). The Morgan fingerprint density at radius 2 is 1.83 bits per heavy atom. The number of nitrogens with zero attached hydrogens (tertiary/aromatic N) is 3. The minimum absolute atomic E-state index is 0.0917. The van der Waals surface area contributed by atoms with E-state index < -0.39 is 22.0 Å². The zero-order valence-electron chi connectivity index (χ0n) is 16.3. The highest BCUT2D eigenvalue weighted by molar-refractivity contribution is 7.89. The molecule has 1 aliphatic rings. The molecule has 2 aromatic heterocycles. The molecule has 1 aromatic carbocycles. The number of sulfonamides is 1. The maximum absolute atomic E-state index is 12.9. The molecule has 0 amide bonds. The van der Waals surface area contributed by atoms with Crippen LogP contribution in [0, 0.1) is 0 Å². The lowest BCUT2D eigenvalue weighted by Crippen LogP contribution is -2.40. The summed E-state index contributed by atoms with van der Waals surface area (Å²) in [6.07, 6.45) is 3.56. The first-order valence-electron chi connectivity index (χ1n) is 9.19. The van der Waals surface area contributed by atoms with Gasteiger partial charge in [0.2, 0.25) is 10.0 Å². The van der Waals surface area contributed by atoms with E-state index in [9.17, 15) is 18.3 Å². The minimum Gasteiger partial charge on any atom is -0.480 e. The van der Waals surface area contributed by atoms with Crippen LogP contribution >= 0.6 is 11.3 Å². The molecule has 0 bridgehead atoms. The monoisotopic (exact) mass is 445 g/mol. The summed E-state index contributed by atoms with van der Waals surface area (Å²) in [5.74, 6) is -1.13. The number of methoxy groups -OCH3 is 1. The van der Waals surface area contributed by atoms with Gasteiger partial charge in [-0.1, -0.05) is 31.2 Å². The quantitative estimate of drug-likeness (QED) is 0.620. The minimum atomic E-state index is -3.81. The summed E-state index contributed by atoms with van der Waals surface area (Å²) in [7, 11) is -2.31. The second kappa shape index (κ2) is 7.78. The number of ether oxygens (including phenoxy) is 1. The zero-order valence-corrected chi connectivity index (χ0v) is 17.9. The summed E-state index contributed by atoms with van der Waals surface area (Å²) >= 11 is 1.37. The SMILES string of the molecule is CCC(C(=O)O)N1Cc2sc(-c3ccc(-c4cnc(OC)nc4)cc3)cc2S1(=O)=O. The van der Waals surface area contributed by atoms with Crippen molar-refractivity contribution in [2.75, 3.05) is 7.11 Å². The molecule has 0 saturated carbocycles. The molecule has 10 heteroatoms. The molecule has 8 nitrogen and oxygen atoms in total. The molecule has 156 valence electrons. The van der Waals surface area contributed by atoms with Crippen molar-refractivity contribution in [3.8, 4) is 27.6 Å². The normalized spacial score (nSPS) is 16.2. The van der Waals surface area contributed by atoms with Crippen LogP contribution < -0.4 is 4.74 Å². The molecule has 1 aliphatic heterocycles. The highest BCUT2D eigenvalue weighted by Crippen LogP contribution is 2.42. The molecule has 30 heavy (non-hydrogen) atoms. The van der Waals surface area contributed by atoms with Crippen molar-refractivity contribution in [1.82, 2.24) is 14.3 Å². The maximum Gasteiger partial charge on any atom is 0.322 e. The number of carbonyl (C=O) groups is 1. The number of fused-ring (bicyclic) bond motifs is 1. The maximum atomic E-state index is 12.9. The first kappa shape index (κ1) is 20.5. The molecular weight excluding hydrogens is 426 g/mol. The fraction of sp³-hybridized carbons (Fsp3) is 0.250. The highest BCUT2D eigenvalue weighted by atomic mass is 32.2.